The highest BCUT2D eigenvalue weighted by Crippen LogP contribution is 2.47. The lowest BCUT2D eigenvalue weighted by Crippen LogP contribution is -2.49. The summed E-state index contributed by atoms with van der Waals surface area (Å²) in [4.78, 5) is 75.6. The molecule has 1 aliphatic carbocycles. The zero-order valence-corrected chi connectivity index (χ0v) is 32.2. The summed E-state index contributed by atoms with van der Waals surface area (Å²) in [7, 11) is 0. The van der Waals surface area contributed by atoms with Gasteiger partial charge in [-0.15, -0.1) is 0 Å². The van der Waals surface area contributed by atoms with Crippen LogP contribution in [0.4, 0.5) is 5.82 Å². The van der Waals surface area contributed by atoms with Gasteiger partial charge in [0, 0.05) is 46.6 Å². The first-order valence-electron chi connectivity index (χ1n) is 18.7. The number of nitrogens with zero attached hydrogens (tertiary/aromatic N) is 4. The van der Waals surface area contributed by atoms with Crippen molar-refractivity contribution in [3.63, 3.8) is 0 Å². The highest BCUT2D eigenvalue weighted by molar-refractivity contribution is 6.12. The number of imidazole rings is 1. The van der Waals surface area contributed by atoms with Crippen LogP contribution in [0.25, 0.3) is 43.5 Å². The third-order valence-corrected chi connectivity index (χ3v) is 10.3. The van der Waals surface area contributed by atoms with Gasteiger partial charge in [0.25, 0.3) is 0 Å². The Kier molecular flexibility index (Phi) is 10.1. The molecule has 3 heterocycles. The summed E-state index contributed by atoms with van der Waals surface area (Å²) in [6.07, 6.45) is -2.80. The third-order valence-electron chi connectivity index (χ3n) is 10.3. The topological polar surface area (TPSA) is 196 Å². The number of esters is 5. The number of hydrogen-bond donors (Lipinski definition) is 1. The molecule has 0 unspecified atom stereocenters. The second kappa shape index (κ2) is 15.3. The van der Waals surface area contributed by atoms with E-state index in [0.717, 1.165) is 32.3 Å². The van der Waals surface area contributed by atoms with Crippen molar-refractivity contribution in [3.8, 4) is 0 Å². The molecule has 8 rings (SSSR count). The molecule has 16 heteroatoms. The van der Waals surface area contributed by atoms with Crippen molar-refractivity contribution >= 4 is 79.1 Å². The van der Waals surface area contributed by atoms with Crippen molar-refractivity contribution in [2.24, 2.45) is 0 Å². The summed E-state index contributed by atoms with van der Waals surface area (Å²) in [6.45, 7) is 6.15. The predicted molar refractivity (Wildman–Crippen MR) is 207 cm³/mol. The number of nitrogens with one attached hydrogen (secondary N) is 1. The van der Waals surface area contributed by atoms with Gasteiger partial charge in [-0.25, -0.2) is 15.0 Å². The fraction of sp³-hybridized carbons (Fsp3) is 0.333. The monoisotopic (exact) mass is 789 g/mol. The lowest BCUT2D eigenvalue weighted by molar-refractivity contribution is -0.187. The van der Waals surface area contributed by atoms with Gasteiger partial charge >= 0.3 is 29.8 Å². The maximum Gasteiger partial charge on any atom is 0.303 e. The fourth-order valence-electron chi connectivity index (χ4n) is 8.15. The maximum absolute atomic E-state index is 12.9. The van der Waals surface area contributed by atoms with Crippen LogP contribution in [0.15, 0.2) is 73.3 Å². The Bertz CT molecular complexity index is 2640. The van der Waals surface area contributed by atoms with E-state index >= 15 is 0 Å². The van der Waals surface area contributed by atoms with Crippen LogP contribution in [-0.2, 0) is 52.4 Å². The summed E-state index contributed by atoms with van der Waals surface area (Å²) in [5.41, 5.74) is 1.81. The van der Waals surface area contributed by atoms with Crippen molar-refractivity contribution < 1.29 is 52.4 Å². The Hall–Kier alpha value is -6.68. The summed E-state index contributed by atoms with van der Waals surface area (Å²) in [5, 5.41) is 9.11. The van der Waals surface area contributed by atoms with Crippen LogP contribution in [-0.4, -0.2) is 80.4 Å². The molecular formula is C42H39N5O11. The Morgan fingerprint density at radius 3 is 2.16 bits per heavy atom. The van der Waals surface area contributed by atoms with E-state index in [-0.39, 0.29) is 18.8 Å². The van der Waals surface area contributed by atoms with E-state index in [1.807, 2.05) is 36.4 Å². The maximum atomic E-state index is 12.9. The van der Waals surface area contributed by atoms with Gasteiger partial charge in [0.1, 0.15) is 31.4 Å². The standard InChI is InChI=1S/C42H39N5O11/c1-20(48)53-17-33-32(54-21(2)49)16-34(58-33)47-19-45-37-41(43-18-44-42(37)47)46-36-35-29(38(55-22(3)50)40(57-24(5)52)39(36)56-23(4)51)13-12-27-14-26-11-10-25-8-6-7-9-28(25)30(26)15-31(27)35/h6-15,18-19,32-34,36,38-40H,16-17H2,1-5H3,(H,43,44,46)/t32-,33+,34+,36+,38-,39+,40+/m0/s1. The minimum Gasteiger partial charge on any atom is -0.463 e. The minimum absolute atomic E-state index is 0.131. The van der Waals surface area contributed by atoms with Crippen LogP contribution in [0.1, 0.15) is 70.5 Å². The first kappa shape index (κ1) is 38.2. The molecule has 4 aromatic carbocycles. The molecule has 16 nitrogen and oxygen atoms in total. The molecule has 0 bridgehead atoms. The van der Waals surface area contributed by atoms with Gasteiger partial charge < -0.3 is 33.7 Å². The fourth-order valence-corrected chi connectivity index (χ4v) is 8.15. The van der Waals surface area contributed by atoms with Crippen molar-refractivity contribution in [3.05, 3.63) is 84.4 Å². The number of rotatable bonds is 9. The lowest BCUT2D eigenvalue weighted by Gasteiger charge is -2.42. The normalized spacial score (nSPS) is 22.7. The largest absolute Gasteiger partial charge is 0.463 e. The van der Waals surface area contributed by atoms with E-state index in [1.54, 1.807) is 4.57 Å². The Balaban J connectivity index is 1.29. The van der Waals surface area contributed by atoms with Crippen LogP contribution < -0.4 is 5.32 Å². The number of ether oxygens (including phenoxy) is 6. The van der Waals surface area contributed by atoms with Crippen molar-refractivity contribution in [2.45, 2.75) is 83.8 Å². The highest BCUT2D eigenvalue weighted by atomic mass is 16.6. The number of aromatic nitrogens is 4. The average Bonchev–Trinajstić information content (AvgIpc) is 3.79. The van der Waals surface area contributed by atoms with Crippen molar-refractivity contribution in [1.82, 2.24) is 19.5 Å². The van der Waals surface area contributed by atoms with Crippen LogP contribution >= 0.6 is 0 Å². The molecule has 1 fully saturated rings. The highest BCUT2D eigenvalue weighted by Gasteiger charge is 2.50. The number of carbonyl (C=O) groups excluding carboxylic acids is 5. The molecule has 298 valence electrons. The number of fused-ring (bicyclic) bond motifs is 7. The van der Waals surface area contributed by atoms with E-state index in [4.69, 9.17) is 28.4 Å². The van der Waals surface area contributed by atoms with Gasteiger partial charge in [-0.3, -0.25) is 28.5 Å². The lowest BCUT2D eigenvalue weighted by atomic mass is 9.78. The van der Waals surface area contributed by atoms with Gasteiger partial charge in [-0.05, 0) is 50.0 Å². The molecule has 2 aromatic heterocycles. The van der Waals surface area contributed by atoms with Crippen LogP contribution in [0.5, 0.6) is 0 Å². The Morgan fingerprint density at radius 2 is 1.41 bits per heavy atom. The van der Waals surface area contributed by atoms with E-state index < -0.39 is 72.6 Å². The average molecular weight is 790 g/mol. The zero-order chi connectivity index (χ0) is 40.8. The summed E-state index contributed by atoms with van der Waals surface area (Å²) in [6, 6.07) is 19.1. The molecule has 58 heavy (non-hydrogen) atoms. The van der Waals surface area contributed by atoms with E-state index in [2.05, 4.69) is 44.5 Å². The first-order chi connectivity index (χ1) is 27.9. The van der Waals surface area contributed by atoms with Gasteiger partial charge in [0.2, 0.25) is 0 Å². The number of carbonyl (C=O) groups is 5. The van der Waals surface area contributed by atoms with Crippen molar-refractivity contribution in [2.75, 3.05) is 11.9 Å². The molecule has 0 radical (unpaired) electrons. The molecule has 1 aliphatic heterocycles. The van der Waals surface area contributed by atoms with Crippen molar-refractivity contribution in [1.29, 1.82) is 0 Å². The summed E-state index contributed by atoms with van der Waals surface area (Å²) < 4.78 is 36.4. The number of benzene rings is 4. The Labute approximate surface area is 330 Å². The van der Waals surface area contributed by atoms with E-state index in [0.29, 0.717) is 22.3 Å². The SMILES string of the molecule is CC(=O)OC[C@H]1O[C@@H](n2cnc3c(N[C@@H]4c5c(ccc6cc7ccc8ccccc8c7cc56)[C@H](OC(C)=O)[C@@H](OC(C)=O)[C@@H]4OC(C)=O)ncnc32)C[C@@H]1OC(C)=O. The molecule has 2 aliphatic rings. The number of anilines is 1. The predicted octanol–water partition coefficient (Wildman–Crippen LogP) is 5.70. The van der Waals surface area contributed by atoms with E-state index in [1.165, 1.54) is 47.3 Å². The third kappa shape index (κ3) is 7.22. The molecule has 7 atom stereocenters. The summed E-state index contributed by atoms with van der Waals surface area (Å²) in [5.74, 6) is -2.77. The molecule has 1 N–H and O–H groups in total. The van der Waals surface area contributed by atoms with Gasteiger partial charge in [0.15, 0.2) is 35.3 Å². The van der Waals surface area contributed by atoms with Crippen LogP contribution in [0.2, 0.25) is 0 Å². The molecule has 6 aromatic rings. The zero-order valence-electron chi connectivity index (χ0n) is 32.2. The smallest absolute Gasteiger partial charge is 0.303 e. The molecule has 0 amide bonds. The Morgan fingerprint density at radius 1 is 0.724 bits per heavy atom. The van der Waals surface area contributed by atoms with Crippen LogP contribution in [0.3, 0.4) is 0 Å². The molecular weight excluding hydrogens is 750 g/mol. The van der Waals surface area contributed by atoms with E-state index in [9.17, 15) is 24.0 Å². The minimum atomic E-state index is -1.27. The first-order valence-corrected chi connectivity index (χ1v) is 18.7. The molecule has 0 saturated carbocycles. The summed E-state index contributed by atoms with van der Waals surface area (Å²) >= 11 is 0. The second-order valence-corrected chi connectivity index (χ2v) is 14.3. The quantitative estimate of drug-likeness (QED) is 0.0810. The van der Waals surface area contributed by atoms with Gasteiger partial charge in [-0.2, -0.15) is 0 Å². The van der Waals surface area contributed by atoms with Gasteiger partial charge in [-0.1, -0.05) is 48.5 Å². The second-order valence-electron chi connectivity index (χ2n) is 14.3. The van der Waals surface area contributed by atoms with Gasteiger partial charge in [0.05, 0.1) is 12.4 Å². The van der Waals surface area contributed by atoms with Crippen LogP contribution in [0, 0.1) is 0 Å². The molecule has 1 saturated heterocycles. The molecule has 0 spiro atoms. The number of hydrogen-bond acceptors (Lipinski definition) is 15.